The van der Waals surface area contributed by atoms with Crippen molar-refractivity contribution in [1.29, 1.82) is 0 Å². The van der Waals surface area contributed by atoms with Gasteiger partial charge in [-0.15, -0.1) is 0 Å². The molecule has 3 aromatic rings. The topological polar surface area (TPSA) is 43.8 Å². The van der Waals surface area contributed by atoms with Crippen LogP contribution in [0.5, 0.6) is 0 Å². The molecule has 0 atom stereocenters. The Hall–Kier alpha value is -1.88. The summed E-state index contributed by atoms with van der Waals surface area (Å²) in [6.07, 6.45) is 0. The molecule has 19 heavy (non-hydrogen) atoms. The molecule has 0 saturated heterocycles. The quantitative estimate of drug-likeness (QED) is 0.741. The van der Waals surface area contributed by atoms with E-state index in [2.05, 4.69) is 20.9 Å². The molecule has 2 N–H and O–H groups in total. The highest BCUT2D eigenvalue weighted by molar-refractivity contribution is 9.10. The van der Waals surface area contributed by atoms with Gasteiger partial charge in [0.15, 0.2) is 0 Å². The highest BCUT2D eigenvalue weighted by Gasteiger charge is 2.12. The first-order valence-electron chi connectivity index (χ1n) is 5.76. The number of hydrogen-bond acceptors (Lipinski definition) is 2. The number of anilines is 1. The summed E-state index contributed by atoms with van der Waals surface area (Å²) in [5.41, 5.74) is 9.33. The number of rotatable bonds is 1. The predicted octanol–water partition coefficient (Wildman–Crippen LogP) is 3.82. The molecule has 0 unspecified atom stereocenters. The van der Waals surface area contributed by atoms with Crippen LogP contribution < -0.4 is 5.73 Å². The zero-order valence-corrected chi connectivity index (χ0v) is 11.8. The van der Waals surface area contributed by atoms with Crippen LogP contribution in [0, 0.1) is 12.7 Å². The summed E-state index contributed by atoms with van der Waals surface area (Å²) in [5, 5.41) is 0. The number of hydrogen-bond donors (Lipinski definition) is 1. The second-order valence-electron chi connectivity index (χ2n) is 4.37. The van der Waals surface area contributed by atoms with E-state index in [1.165, 1.54) is 12.1 Å². The minimum Gasteiger partial charge on any atom is -0.369 e. The lowest BCUT2D eigenvalue weighted by atomic mass is 10.2. The molecule has 0 aliphatic carbocycles. The summed E-state index contributed by atoms with van der Waals surface area (Å²) in [4.78, 5) is 4.32. The summed E-state index contributed by atoms with van der Waals surface area (Å²) < 4.78 is 16.0. The second kappa shape index (κ2) is 4.35. The van der Waals surface area contributed by atoms with E-state index in [1.54, 1.807) is 6.07 Å². The van der Waals surface area contributed by atoms with Crippen molar-refractivity contribution in [3.8, 4) is 5.69 Å². The molecule has 5 heteroatoms. The number of nitrogens with zero attached hydrogens (tertiary/aromatic N) is 2. The third kappa shape index (κ3) is 2.00. The Balaban J connectivity index is 2.35. The number of nitrogens with two attached hydrogens (primary N) is 1. The number of aryl methyl sites for hydroxylation is 1. The average molecular weight is 320 g/mol. The van der Waals surface area contributed by atoms with Crippen LogP contribution in [0.1, 0.15) is 5.56 Å². The number of fused-ring (bicyclic) bond motifs is 1. The average Bonchev–Trinajstić information content (AvgIpc) is 2.65. The number of halogens is 2. The van der Waals surface area contributed by atoms with Gasteiger partial charge in [-0.2, -0.15) is 0 Å². The van der Waals surface area contributed by atoms with Crippen LogP contribution in [0.3, 0.4) is 0 Å². The molecule has 0 spiro atoms. The first-order chi connectivity index (χ1) is 9.06. The highest BCUT2D eigenvalue weighted by Crippen LogP contribution is 2.27. The number of imidazole rings is 1. The van der Waals surface area contributed by atoms with Crippen molar-refractivity contribution in [2.75, 3.05) is 5.73 Å². The van der Waals surface area contributed by atoms with Gasteiger partial charge in [0.25, 0.3) is 0 Å². The van der Waals surface area contributed by atoms with Crippen LogP contribution in [0.4, 0.5) is 10.3 Å². The molecule has 0 aliphatic rings. The monoisotopic (exact) mass is 319 g/mol. The lowest BCUT2D eigenvalue weighted by molar-refractivity contribution is 0.626. The fourth-order valence-electron chi connectivity index (χ4n) is 2.19. The second-order valence-corrected chi connectivity index (χ2v) is 5.28. The van der Waals surface area contributed by atoms with Crippen LogP contribution in [0.2, 0.25) is 0 Å². The highest BCUT2D eigenvalue weighted by atomic mass is 79.9. The smallest absolute Gasteiger partial charge is 0.205 e. The van der Waals surface area contributed by atoms with Crippen LogP contribution in [0.15, 0.2) is 40.9 Å². The zero-order chi connectivity index (χ0) is 13.6. The van der Waals surface area contributed by atoms with Crippen molar-refractivity contribution in [2.24, 2.45) is 0 Å². The summed E-state index contributed by atoms with van der Waals surface area (Å²) in [5.74, 6) is 0.133. The van der Waals surface area contributed by atoms with E-state index in [1.807, 2.05) is 29.7 Å². The first kappa shape index (κ1) is 12.2. The minimum absolute atomic E-state index is 0.259. The van der Waals surface area contributed by atoms with E-state index >= 15 is 0 Å². The molecule has 0 radical (unpaired) electrons. The van der Waals surface area contributed by atoms with E-state index in [0.717, 1.165) is 26.8 Å². The van der Waals surface area contributed by atoms with Crippen molar-refractivity contribution in [2.45, 2.75) is 6.92 Å². The molecule has 3 nitrogen and oxygen atoms in total. The van der Waals surface area contributed by atoms with Gasteiger partial charge in [-0.3, -0.25) is 4.57 Å². The maximum Gasteiger partial charge on any atom is 0.205 e. The SMILES string of the molecule is Cc1cc(F)ccc1-n1c(N)nc2ccc(Br)cc21. The molecular weight excluding hydrogens is 309 g/mol. The largest absolute Gasteiger partial charge is 0.369 e. The lowest BCUT2D eigenvalue weighted by Gasteiger charge is -2.10. The summed E-state index contributed by atoms with van der Waals surface area (Å²) in [7, 11) is 0. The van der Waals surface area contributed by atoms with Crippen molar-refractivity contribution < 1.29 is 4.39 Å². The normalized spacial score (nSPS) is 11.1. The molecule has 1 aromatic heterocycles. The van der Waals surface area contributed by atoms with Gasteiger partial charge >= 0.3 is 0 Å². The van der Waals surface area contributed by atoms with Crippen LogP contribution in [-0.4, -0.2) is 9.55 Å². The molecule has 0 fully saturated rings. The number of benzene rings is 2. The van der Waals surface area contributed by atoms with E-state index in [-0.39, 0.29) is 5.82 Å². The van der Waals surface area contributed by atoms with Crippen LogP contribution >= 0.6 is 15.9 Å². The van der Waals surface area contributed by atoms with Gasteiger partial charge in [0, 0.05) is 4.47 Å². The first-order valence-corrected chi connectivity index (χ1v) is 6.55. The van der Waals surface area contributed by atoms with Crippen LogP contribution in [0.25, 0.3) is 16.7 Å². The van der Waals surface area contributed by atoms with Crippen molar-refractivity contribution in [3.63, 3.8) is 0 Å². The van der Waals surface area contributed by atoms with Gasteiger partial charge in [-0.05, 0) is 48.9 Å². The molecule has 1 heterocycles. The molecule has 0 aliphatic heterocycles. The minimum atomic E-state index is -0.259. The predicted molar refractivity (Wildman–Crippen MR) is 77.9 cm³/mol. The standard InChI is InChI=1S/C14H11BrFN3/c1-8-6-10(16)3-5-12(8)19-13-7-9(15)2-4-11(13)18-14(19)17/h2-7H,1H3,(H2,17,18). The van der Waals surface area contributed by atoms with Gasteiger partial charge in [-0.1, -0.05) is 15.9 Å². The van der Waals surface area contributed by atoms with E-state index in [4.69, 9.17) is 5.73 Å². The van der Waals surface area contributed by atoms with Gasteiger partial charge < -0.3 is 5.73 Å². The third-order valence-electron chi connectivity index (χ3n) is 3.04. The fourth-order valence-corrected chi connectivity index (χ4v) is 2.54. The van der Waals surface area contributed by atoms with E-state index < -0.39 is 0 Å². The molecule has 0 saturated carbocycles. The Kier molecular flexibility index (Phi) is 2.78. The lowest BCUT2D eigenvalue weighted by Crippen LogP contribution is -2.02. The van der Waals surface area contributed by atoms with Crippen LogP contribution in [-0.2, 0) is 0 Å². The maximum absolute atomic E-state index is 13.2. The van der Waals surface area contributed by atoms with Gasteiger partial charge in [0.2, 0.25) is 5.95 Å². The fraction of sp³-hybridized carbons (Fsp3) is 0.0714. The van der Waals surface area contributed by atoms with Gasteiger partial charge in [0.1, 0.15) is 5.82 Å². The van der Waals surface area contributed by atoms with E-state index in [0.29, 0.717) is 5.95 Å². The Labute approximate surface area is 118 Å². The van der Waals surface area contributed by atoms with Crippen molar-refractivity contribution in [1.82, 2.24) is 9.55 Å². The maximum atomic E-state index is 13.2. The van der Waals surface area contributed by atoms with Crippen molar-refractivity contribution in [3.05, 3.63) is 52.3 Å². The molecule has 3 rings (SSSR count). The summed E-state index contributed by atoms with van der Waals surface area (Å²) in [6.45, 7) is 1.85. The van der Waals surface area contributed by atoms with Crippen molar-refractivity contribution >= 4 is 32.9 Å². The molecular formula is C14H11BrFN3. The Morgan fingerprint density at radius 1 is 1.21 bits per heavy atom. The Bertz CT molecular complexity index is 780. The Morgan fingerprint density at radius 3 is 2.74 bits per heavy atom. The zero-order valence-electron chi connectivity index (χ0n) is 10.2. The molecule has 0 bridgehead atoms. The Morgan fingerprint density at radius 2 is 2.00 bits per heavy atom. The van der Waals surface area contributed by atoms with Gasteiger partial charge in [-0.25, -0.2) is 9.37 Å². The third-order valence-corrected chi connectivity index (χ3v) is 3.54. The molecule has 0 amide bonds. The molecule has 2 aromatic carbocycles. The number of aromatic nitrogens is 2. The summed E-state index contributed by atoms with van der Waals surface area (Å²) in [6, 6.07) is 10.4. The summed E-state index contributed by atoms with van der Waals surface area (Å²) >= 11 is 3.44. The van der Waals surface area contributed by atoms with Gasteiger partial charge in [0.05, 0.1) is 16.7 Å². The van der Waals surface area contributed by atoms with E-state index in [9.17, 15) is 4.39 Å². The molecule has 96 valence electrons. The number of nitrogen functional groups attached to an aromatic ring is 1.